The van der Waals surface area contributed by atoms with Gasteiger partial charge < -0.3 is 20.4 Å². The van der Waals surface area contributed by atoms with Crippen molar-refractivity contribution in [3.05, 3.63) is 41.9 Å². The monoisotopic (exact) mass is 505 g/mol. The van der Waals surface area contributed by atoms with Crippen molar-refractivity contribution >= 4 is 30.5 Å². The zero-order chi connectivity index (χ0) is 26.0. The molecule has 1 atom stereocenters. The molecule has 0 unspecified atom stereocenters. The molecule has 3 heterocycles. The zero-order valence-corrected chi connectivity index (χ0v) is 20.3. The van der Waals surface area contributed by atoms with E-state index in [1.807, 2.05) is 19.9 Å². The van der Waals surface area contributed by atoms with Crippen molar-refractivity contribution in [3.8, 4) is 11.9 Å². The summed E-state index contributed by atoms with van der Waals surface area (Å²) in [5, 5.41) is 19.5. The van der Waals surface area contributed by atoms with Crippen LogP contribution >= 0.6 is 7.82 Å². The lowest BCUT2D eigenvalue weighted by molar-refractivity contribution is -0.00230. The number of halogens is 1. The highest BCUT2D eigenvalue weighted by atomic mass is 31.2. The lowest BCUT2D eigenvalue weighted by Gasteiger charge is -2.29. The molecule has 0 spiro atoms. The van der Waals surface area contributed by atoms with Crippen LogP contribution in [-0.2, 0) is 9.09 Å². The largest absolute Gasteiger partial charge is 0.470 e. The predicted octanol–water partition coefficient (Wildman–Crippen LogP) is 2.46. The van der Waals surface area contributed by atoms with Crippen LogP contribution in [0, 0.1) is 11.3 Å². The minimum absolute atomic E-state index is 0.0630. The molecule has 0 radical (unpaired) electrons. The average molecular weight is 505 g/mol. The van der Waals surface area contributed by atoms with Gasteiger partial charge in [-0.25, -0.2) is 18.9 Å². The lowest BCUT2D eigenvalue weighted by atomic mass is 10.0. The maximum Gasteiger partial charge on any atom is 0.470 e. The van der Waals surface area contributed by atoms with Crippen molar-refractivity contribution in [2.24, 2.45) is 0 Å². The van der Waals surface area contributed by atoms with Crippen molar-refractivity contribution in [1.29, 1.82) is 5.26 Å². The minimum Gasteiger partial charge on any atom is -0.382 e. The summed E-state index contributed by atoms with van der Waals surface area (Å²) in [6.07, 6.45) is 2.36. The number of aromatic nitrogens is 4. The topological polar surface area (TPSA) is 175 Å². The van der Waals surface area contributed by atoms with Gasteiger partial charge in [0.1, 0.15) is 17.8 Å². The molecular formula is C21H25FN7O5P. The van der Waals surface area contributed by atoms with Gasteiger partial charge in [0.2, 0.25) is 0 Å². The van der Waals surface area contributed by atoms with Gasteiger partial charge in [0.25, 0.3) is 5.91 Å². The number of nitrogens with one attached hydrogen (secondary N) is 2. The predicted molar refractivity (Wildman–Crippen MR) is 125 cm³/mol. The van der Waals surface area contributed by atoms with Gasteiger partial charge in [-0.05, 0) is 33.8 Å². The summed E-state index contributed by atoms with van der Waals surface area (Å²) in [6.45, 7) is 5.54. The number of alkyl halides is 1. The number of hydrogen-bond acceptors (Lipinski definition) is 8. The Morgan fingerprint density at radius 1 is 1.29 bits per heavy atom. The average Bonchev–Trinajstić information content (AvgIpc) is 3.18. The third kappa shape index (κ3) is 6.37. The van der Waals surface area contributed by atoms with E-state index in [4.69, 9.17) is 15.0 Å². The van der Waals surface area contributed by atoms with Crippen LogP contribution in [0.25, 0.3) is 16.9 Å². The van der Waals surface area contributed by atoms with E-state index >= 15 is 0 Å². The number of nitriles is 1. The maximum absolute atomic E-state index is 14.6. The van der Waals surface area contributed by atoms with E-state index in [1.54, 1.807) is 18.3 Å². The summed E-state index contributed by atoms with van der Waals surface area (Å²) in [7, 11) is -4.92. The molecular weight excluding hydrogens is 480 g/mol. The van der Waals surface area contributed by atoms with Gasteiger partial charge in [-0.3, -0.25) is 9.32 Å². The normalized spacial score (nSPS) is 13.0. The van der Waals surface area contributed by atoms with Crippen molar-refractivity contribution in [2.75, 3.05) is 11.9 Å². The third-order valence-corrected chi connectivity index (χ3v) is 5.59. The number of phosphoric ester groups is 1. The Morgan fingerprint density at radius 3 is 2.63 bits per heavy atom. The number of carbonyl (C=O) groups excluding carboxylic acids is 1. The van der Waals surface area contributed by atoms with Crippen LogP contribution in [0.4, 0.5) is 10.1 Å². The molecule has 12 nitrogen and oxygen atoms in total. The first-order chi connectivity index (χ1) is 16.3. The number of anilines is 1. The van der Waals surface area contributed by atoms with Crippen molar-refractivity contribution in [3.63, 3.8) is 0 Å². The van der Waals surface area contributed by atoms with Crippen LogP contribution in [0.3, 0.4) is 0 Å². The number of carbonyl (C=O) groups is 1. The molecule has 0 saturated heterocycles. The number of phosphoric acid groups is 1. The van der Waals surface area contributed by atoms with E-state index in [2.05, 4.69) is 30.2 Å². The highest BCUT2D eigenvalue weighted by Gasteiger charge is 2.37. The molecule has 0 aliphatic rings. The summed E-state index contributed by atoms with van der Waals surface area (Å²) >= 11 is 0. The molecule has 3 rings (SSSR count). The summed E-state index contributed by atoms with van der Waals surface area (Å²) < 4.78 is 31.6. The smallest absolute Gasteiger partial charge is 0.382 e. The fourth-order valence-electron chi connectivity index (χ4n) is 3.21. The molecule has 0 saturated carbocycles. The zero-order valence-electron chi connectivity index (χ0n) is 19.4. The van der Waals surface area contributed by atoms with Crippen LogP contribution < -0.4 is 10.6 Å². The van der Waals surface area contributed by atoms with Crippen LogP contribution in [0.5, 0.6) is 0 Å². The van der Waals surface area contributed by atoms with E-state index in [9.17, 15) is 13.8 Å². The van der Waals surface area contributed by atoms with Crippen LogP contribution in [0.15, 0.2) is 30.7 Å². The Kier molecular flexibility index (Phi) is 7.52. The molecule has 0 fully saturated rings. The number of nitrogens with zero attached hydrogens (tertiary/aromatic N) is 5. The van der Waals surface area contributed by atoms with E-state index in [0.717, 1.165) is 0 Å². The second-order valence-corrected chi connectivity index (χ2v) is 9.72. The van der Waals surface area contributed by atoms with Gasteiger partial charge in [0.15, 0.2) is 11.5 Å². The highest BCUT2D eigenvalue weighted by molar-refractivity contribution is 7.46. The van der Waals surface area contributed by atoms with Gasteiger partial charge in [0.05, 0.1) is 29.6 Å². The fourth-order valence-corrected chi connectivity index (χ4v) is 3.94. The van der Waals surface area contributed by atoms with Gasteiger partial charge >= 0.3 is 7.82 Å². The van der Waals surface area contributed by atoms with E-state index in [-0.39, 0.29) is 11.6 Å². The molecule has 186 valence electrons. The van der Waals surface area contributed by atoms with Gasteiger partial charge in [0, 0.05) is 29.9 Å². The second kappa shape index (κ2) is 10.1. The highest BCUT2D eigenvalue weighted by Crippen LogP contribution is 2.42. The second-order valence-electron chi connectivity index (χ2n) is 8.56. The van der Waals surface area contributed by atoms with E-state index < -0.39 is 32.0 Å². The Hall–Kier alpha value is -3.43. The van der Waals surface area contributed by atoms with Gasteiger partial charge in [-0.15, -0.1) is 0 Å². The Balaban J connectivity index is 1.86. The standard InChI is InChI=1S/C21H25FN7O5P/c1-12(2)28-16-6-18(29-19-14(9-27-29)5-13(7-23)8-25-19)24-10-15(16)20(30)26-11-17(22)21(3,4)34-35(31,32)33/h5-6,8-10,12,17H,11H2,1-4H3,(H,24,28)(H,26,30)(H2,31,32,33)/t17-/m1/s1. The molecule has 3 aromatic rings. The summed E-state index contributed by atoms with van der Waals surface area (Å²) in [5.41, 5.74) is -0.454. The van der Waals surface area contributed by atoms with Crippen LogP contribution in [0.1, 0.15) is 43.6 Å². The molecule has 1 amide bonds. The first-order valence-corrected chi connectivity index (χ1v) is 12.0. The molecule has 0 aliphatic heterocycles. The fraction of sp³-hybridized carbons (Fsp3) is 0.381. The molecule has 3 aromatic heterocycles. The molecule has 4 N–H and O–H groups in total. The number of amides is 1. The molecule has 0 bridgehead atoms. The summed E-state index contributed by atoms with van der Waals surface area (Å²) in [6, 6.07) is 5.19. The van der Waals surface area contributed by atoms with E-state index in [1.165, 1.54) is 30.9 Å². The Morgan fingerprint density at radius 2 is 2.00 bits per heavy atom. The van der Waals surface area contributed by atoms with Crippen molar-refractivity contribution in [2.45, 2.75) is 45.5 Å². The minimum atomic E-state index is -4.92. The van der Waals surface area contributed by atoms with E-state index in [0.29, 0.717) is 28.1 Å². The first kappa shape index (κ1) is 26.2. The molecule has 0 aliphatic carbocycles. The molecule has 14 heteroatoms. The molecule has 35 heavy (non-hydrogen) atoms. The quantitative estimate of drug-likeness (QED) is 0.316. The maximum atomic E-state index is 14.6. The first-order valence-electron chi connectivity index (χ1n) is 10.5. The van der Waals surface area contributed by atoms with Crippen molar-refractivity contribution < 1.29 is 28.1 Å². The molecule has 0 aromatic carbocycles. The Bertz CT molecular complexity index is 1330. The third-order valence-electron chi connectivity index (χ3n) is 4.88. The number of pyridine rings is 2. The number of fused-ring (bicyclic) bond motifs is 1. The SMILES string of the molecule is CC(C)Nc1cc(-n2ncc3cc(C#N)cnc32)ncc1C(=O)NC[C@@H](F)C(C)(C)OP(=O)(O)O. The van der Waals surface area contributed by atoms with Gasteiger partial charge in [-0.2, -0.15) is 15.0 Å². The van der Waals surface area contributed by atoms with Crippen molar-refractivity contribution in [1.82, 2.24) is 25.1 Å². The van der Waals surface area contributed by atoms with Gasteiger partial charge in [-0.1, -0.05) is 0 Å². The number of rotatable bonds is 9. The lowest BCUT2D eigenvalue weighted by Crippen LogP contribution is -2.43. The van der Waals surface area contributed by atoms with Crippen LogP contribution in [-0.4, -0.2) is 59.8 Å². The Labute approximate surface area is 200 Å². The summed E-state index contributed by atoms with van der Waals surface area (Å²) in [4.78, 5) is 39.3. The van der Waals surface area contributed by atoms with Crippen LogP contribution in [0.2, 0.25) is 0 Å². The number of hydrogen-bond donors (Lipinski definition) is 4. The summed E-state index contributed by atoms with van der Waals surface area (Å²) in [5.74, 6) is -0.291.